The van der Waals surface area contributed by atoms with E-state index in [0.717, 1.165) is 6.54 Å². The van der Waals surface area contributed by atoms with Crippen LogP contribution in [0, 0.1) is 5.41 Å². The Kier molecular flexibility index (Phi) is 5.66. The fourth-order valence-electron chi connectivity index (χ4n) is 0.863. The molecule has 1 unspecified atom stereocenters. The summed E-state index contributed by atoms with van der Waals surface area (Å²) < 4.78 is 5.39. The third-order valence-corrected chi connectivity index (χ3v) is 2.01. The van der Waals surface area contributed by atoms with Crippen molar-refractivity contribution in [1.29, 1.82) is 5.41 Å². The van der Waals surface area contributed by atoms with Gasteiger partial charge in [-0.1, -0.05) is 0 Å². The van der Waals surface area contributed by atoms with E-state index in [1.54, 1.807) is 0 Å². The minimum atomic E-state index is -0.00392. The average Bonchev–Trinajstić information content (AvgIpc) is 2.02. The van der Waals surface area contributed by atoms with Gasteiger partial charge in [0.05, 0.1) is 18.8 Å². The van der Waals surface area contributed by atoms with Crippen molar-refractivity contribution in [3.05, 3.63) is 0 Å². The van der Waals surface area contributed by atoms with Crippen molar-refractivity contribution in [1.82, 2.24) is 4.90 Å². The van der Waals surface area contributed by atoms with Gasteiger partial charge in [0, 0.05) is 6.54 Å². The lowest BCUT2D eigenvalue weighted by Crippen LogP contribution is -2.41. The van der Waals surface area contributed by atoms with Gasteiger partial charge in [0.1, 0.15) is 5.84 Å². The Bertz CT molecular complexity index is 159. The number of nitrogens with one attached hydrogen (secondary N) is 1. The van der Waals surface area contributed by atoms with E-state index in [2.05, 4.69) is 0 Å². The van der Waals surface area contributed by atoms with Gasteiger partial charge in [-0.15, -0.1) is 0 Å². The van der Waals surface area contributed by atoms with E-state index >= 15 is 0 Å². The molecule has 0 rings (SSSR count). The first kappa shape index (κ1) is 12.4. The smallest absolute Gasteiger partial charge is 0.108 e. The van der Waals surface area contributed by atoms with Crippen LogP contribution in [0.3, 0.4) is 0 Å². The van der Waals surface area contributed by atoms with Crippen LogP contribution in [0.2, 0.25) is 0 Å². The third-order valence-electron chi connectivity index (χ3n) is 2.01. The van der Waals surface area contributed by atoms with E-state index in [1.807, 2.05) is 32.7 Å². The van der Waals surface area contributed by atoms with Crippen molar-refractivity contribution < 1.29 is 4.74 Å². The summed E-state index contributed by atoms with van der Waals surface area (Å²) in [5, 5.41) is 7.25. The highest BCUT2D eigenvalue weighted by molar-refractivity contribution is 5.82. The van der Waals surface area contributed by atoms with Crippen LogP contribution in [-0.2, 0) is 4.74 Å². The standard InChI is InChI=1S/C9H21N3O/c1-7(2)13-6-5-12(4)8(3)9(10)11/h7-8H,5-6H2,1-4H3,(H3,10,11). The summed E-state index contributed by atoms with van der Waals surface area (Å²) in [4.78, 5) is 2.00. The molecule has 0 aromatic heterocycles. The van der Waals surface area contributed by atoms with Crippen LogP contribution in [0.4, 0.5) is 0 Å². The molecular formula is C9H21N3O. The first-order valence-corrected chi connectivity index (χ1v) is 4.61. The minimum Gasteiger partial charge on any atom is -0.386 e. The van der Waals surface area contributed by atoms with Crippen LogP contribution in [0.25, 0.3) is 0 Å². The zero-order chi connectivity index (χ0) is 10.4. The maximum absolute atomic E-state index is 7.25. The third kappa shape index (κ3) is 5.60. The van der Waals surface area contributed by atoms with Crippen LogP contribution >= 0.6 is 0 Å². The van der Waals surface area contributed by atoms with E-state index in [1.165, 1.54) is 0 Å². The number of ether oxygens (including phenoxy) is 1. The number of hydrogen-bond donors (Lipinski definition) is 2. The minimum absolute atomic E-state index is 0.00392. The van der Waals surface area contributed by atoms with Crippen molar-refractivity contribution in [3.8, 4) is 0 Å². The van der Waals surface area contributed by atoms with Crippen LogP contribution in [0.15, 0.2) is 0 Å². The molecule has 0 aliphatic rings. The SMILES string of the molecule is CC(C)OCCN(C)C(C)C(=N)N. The summed E-state index contributed by atoms with van der Waals surface area (Å²) in [5.41, 5.74) is 5.37. The second kappa shape index (κ2) is 5.94. The van der Waals surface area contributed by atoms with Crippen molar-refractivity contribution in [2.75, 3.05) is 20.2 Å². The Morgan fingerprint density at radius 3 is 2.38 bits per heavy atom. The molecule has 0 heterocycles. The Labute approximate surface area is 80.6 Å². The molecule has 13 heavy (non-hydrogen) atoms. The summed E-state index contributed by atoms with van der Waals surface area (Å²) in [6.45, 7) is 7.42. The number of nitrogens with two attached hydrogens (primary N) is 1. The highest BCUT2D eigenvalue weighted by Crippen LogP contribution is 1.95. The number of rotatable bonds is 6. The quantitative estimate of drug-likeness (QED) is 0.474. The van der Waals surface area contributed by atoms with Gasteiger partial charge in [-0.2, -0.15) is 0 Å². The predicted molar refractivity (Wildman–Crippen MR) is 55.1 cm³/mol. The molecule has 1 atom stereocenters. The van der Waals surface area contributed by atoms with Gasteiger partial charge >= 0.3 is 0 Å². The summed E-state index contributed by atoms with van der Waals surface area (Å²) >= 11 is 0. The van der Waals surface area contributed by atoms with Crippen molar-refractivity contribution in [2.45, 2.75) is 32.9 Å². The molecule has 0 bridgehead atoms. The molecule has 0 amide bonds. The maximum atomic E-state index is 7.25. The molecule has 0 saturated carbocycles. The molecular weight excluding hydrogens is 166 g/mol. The zero-order valence-electron chi connectivity index (χ0n) is 9.00. The molecule has 0 spiro atoms. The van der Waals surface area contributed by atoms with Crippen molar-refractivity contribution >= 4 is 5.84 Å². The molecule has 4 heteroatoms. The Morgan fingerprint density at radius 2 is 2.00 bits per heavy atom. The highest BCUT2D eigenvalue weighted by Gasteiger charge is 2.11. The van der Waals surface area contributed by atoms with Crippen LogP contribution in [-0.4, -0.2) is 43.1 Å². The largest absolute Gasteiger partial charge is 0.386 e. The van der Waals surface area contributed by atoms with E-state index in [0.29, 0.717) is 6.61 Å². The summed E-state index contributed by atoms with van der Waals surface area (Å²) in [6.07, 6.45) is 0.265. The second-order valence-corrected chi connectivity index (χ2v) is 3.53. The normalized spacial score (nSPS) is 13.7. The number of likely N-dealkylation sites (N-methyl/N-ethyl adjacent to an activating group) is 1. The van der Waals surface area contributed by atoms with Gasteiger partial charge in [0.2, 0.25) is 0 Å². The van der Waals surface area contributed by atoms with Gasteiger partial charge in [-0.3, -0.25) is 10.3 Å². The Morgan fingerprint density at radius 1 is 1.46 bits per heavy atom. The fraction of sp³-hybridized carbons (Fsp3) is 0.889. The molecule has 0 fully saturated rings. The summed E-state index contributed by atoms with van der Waals surface area (Å²) in [6, 6.07) is -0.00392. The van der Waals surface area contributed by atoms with E-state index in [4.69, 9.17) is 15.9 Å². The van der Waals surface area contributed by atoms with Crippen LogP contribution in [0.1, 0.15) is 20.8 Å². The molecule has 0 aromatic rings. The molecule has 0 aliphatic heterocycles. The molecule has 4 nitrogen and oxygen atoms in total. The first-order valence-electron chi connectivity index (χ1n) is 4.61. The lowest BCUT2D eigenvalue weighted by atomic mass is 10.3. The van der Waals surface area contributed by atoms with Crippen molar-refractivity contribution in [2.24, 2.45) is 5.73 Å². The molecule has 78 valence electrons. The number of hydrogen-bond acceptors (Lipinski definition) is 3. The lowest BCUT2D eigenvalue weighted by Gasteiger charge is -2.23. The maximum Gasteiger partial charge on any atom is 0.108 e. The Balaban J connectivity index is 3.61. The van der Waals surface area contributed by atoms with Gasteiger partial charge in [-0.25, -0.2) is 0 Å². The Hall–Kier alpha value is -0.610. The molecule has 3 N–H and O–H groups in total. The predicted octanol–water partition coefficient (Wildman–Crippen LogP) is 0.668. The summed E-state index contributed by atoms with van der Waals surface area (Å²) in [5.74, 6) is 0.201. The van der Waals surface area contributed by atoms with Crippen LogP contribution in [0.5, 0.6) is 0 Å². The van der Waals surface area contributed by atoms with Gasteiger partial charge in [0.25, 0.3) is 0 Å². The van der Waals surface area contributed by atoms with E-state index < -0.39 is 0 Å². The van der Waals surface area contributed by atoms with E-state index in [-0.39, 0.29) is 18.0 Å². The van der Waals surface area contributed by atoms with E-state index in [9.17, 15) is 0 Å². The van der Waals surface area contributed by atoms with Gasteiger partial charge in [-0.05, 0) is 27.8 Å². The molecule has 0 aliphatic carbocycles. The highest BCUT2D eigenvalue weighted by atomic mass is 16.5. The topological polar surface area (TPSA) is 62.3 Å². The lowest BCUT2D eigenvalue weighted by molar-refractivity contribution is 0.0617. The second-order valence-electron chi connectivity index (χ2n) is 3.53. The average molecular weight is 187 g/mol. The van der Waals surface area contributed by atoms with Crippen molar-refractivity contribution in [3.63, 3.8) is 0 Å². The molecule has 0 saturated heterocycles. The summed E-state index contributed by atoms with van der Waals surface area (Å²) in [7, 11) is 1.94. The van der Waals surface area contributed by atoms with Gasteiger partial charge < -0.3 is 10.5 Å². The van der Waals surface area contributed by atoms with Gasteiger partial charge in [0.15, 0.2) is 0 Å². The monoisotopic (exact) mass is 187 g/mol. The molecule has 0 radical (unpaired) electrons. The van der Waals surface area contributed by atoms with Crippen LogP contribution < -0.4 is 5.73 Å². The number of nitrogens with zero attached hydrogens (tertiary/aromatic N) is 1. The fourth-order valence-corrected chi connectivity index (χ4v) is 0.863. The zero-order valence-corrected chi connectivity index (χ0v) is 9.00. The number of amidine groups is 1. The first-order chi connectivity index (χ1) is 5.95. The molecule has 0 aromatic carbocycles.